The summed E-state index contributed by atoms with van der Waals surface area (Å²) in [5.74, 6) is 0. The molecule has 0 N–H and O–H groups in total. The highest BCUT2D eigenvalue weighted by Gasteiger charge is 2.18. The van der Waals surface area contributed by atoms with Crippen molar-refractivity contribution >= 4 is 81.7 Å². The number of hydrogen-bond acceptors (Lipinski definition) is 1. The van der Waals surface area contributed by atoms with Gasteiger partial charge in [0.2, 0.25) is 0 Å². The number of benzene rings is 10. The largest absolute Gasteiger partial charge is 0.310 e. The minimum absolute atomic E-state index is 0.0811. The van der Waals surface area contributed by atoms with Gasteiger partial charge in [-0.2, -0.15) is 0 Å². The fourth-order valence-corrected chi connectivity index (χ4v) is 7.47. The Morgan fingerprint density at radius 2 is 0.796 bits per heavy atom. The molecular weight excluding hydrogens is 591 g/mol. The Kier molecular flexibility index (Phi) is 5.38. The van der Waals surface area contributed by atoms with Gasteiger partial charge in [0.25, 0.3) is 0 Å². The molecule has 10 aromatic carbocycles. The Balaban J connectivity index is 1.26. The molecule has 0 atom stereocenters. The van der Waals surface area contributed by atoms with E-state index in [1.165, 1.54) is 0 Å². The van der Waals surface area contributed by atoms with Crippen molar-refractivity contribution in [2.75, 3.05) is 4.90 Å². The van der Waals surface area contributed by atoms with Crippen molar-refractivity contribution < 1.29 is 5.48 Å². The second kappa shape index (κ2) is 11.1. The molecule has 0 spiro atoms. The quantitative estimate of drug-likeness (QED) is 0.176. The molecule has 0 unspecified atom stereocenters. The molecule has 10 rings (SSSR count). The Bertz CT molecular complexity index is 3100. The van der Waals surface area contributed by atoms with Crippen LogP contribution in [0, 0.1) is 0 Å². The molecule has 49 heavy (non-hydrogen) atoms. The Labute approximate surface area is 290 Å². The van der Waals surface area contributed by atoms with E-state index in [2.05, 4.69) is 91.0 Å². The molecule has 0 aliphatic carbocycles. The maximum Gasteiger partial charge on any atom is 0.0645 e. The summed E-state index contributed by atoms with van der Waals surface area (Å²) in [6.07, 6.45) is 0. The first-order valence-corrected chi connectivity index (χ1v) is 16.6. The minimum Gasteiger partial charge on any atom is -0.310 e. The molecule has 0 aromatic heterocycles. The van der Waals surface area contributed by atoms with E-state index in [0.29, 0.717) is 5.56 Å². The fraction of sp³-hybridized carbons (Fsp3) is 0. The summed E-state index contributed by atoms with van der Waals surface area (Å²) in [6.45, 7) is 0. The van der Waals surface area contributed by atoms with E-state index >= 15 is 0 Å². The van der Waals surface area contributed by atoms with Gasteiger partial charge in [0.05, 0.1) is 11.2 Å². The summed E-state index contributed by atoms with van der Waals surface area (Å²) < 4.78 is 38.3. The SMILES string of the molecule is [2H]c1c([2H])c(N(c2ccc3c(ccc4ccccc43)c2)c2cc3ccccc3c3ccccc23)c([2H])c([2H])c1-c1ccc2ccc3ccccc3c2c1. The highest BCUT2D eigenvalue weighted by molar-refractivity contribution is 6.15. The predicted molar refractivity (Wildman–Crippen MR) is 212 cm³/mol. The third-order valence-electron chi connectivity index (χ3n) is 9.84. The topological polar surface area (TPSA) is 3.24 Å². The first-order chi connectivity index (χ1) is 26.0. The number of hydrogen-bond donors (Lipinski definition) is 0. The van der Waals surface area contributed by atoms with Crippen LogP contribution in [0.25, 0.3) is 75.8 Å². The molecule has 1 heteroatoms. The highest BCUT2D eigenvalue weighted by Crippen LogP contribution is 2.43. The van der Waals surface area contributed by atoms with Crippen molar-refractivity contribution in [2.24, 2.45) is 0 Å². The number of anilines is 3. The monoisotopic (exact) mass is 625 g/mol. The number of rotatable bonds is 4. The van der Waals surface area contributed by atoms with Gasteiger partial charge < -0.3 is 4.90 Å². The van der Waals surface area contributed by atoms with Gasteiger partial charge in [0, 0.05) is 16.8 Å². The van der Waals surface area contributed by atoms with Crippen LogP contribution in [0.3, 0.4) is 0 Å². The van der Waals surface area contributed by atoms with E-state index in [-0.39, 0.29) is 35.4 Å². The summed E-state index contributed by atoms with van der Waals surface area (Å²) in [5, 5.41) is 12.8. The second-order valence-electron chi connectivity index (χ2n) is 12.6. The van der Waals surface area contributed by atoms with E-state index < -0.39 is 0 Å². The third kappa shape index (κ3) is 4.55. The zero-order valence-electron chi connectivity index (χ0n) is 30.5. The van der Waals surface area contributed by atoms with Gasteiger partial charge in [-0.1, -0.05) is 152 Å². The van der Waals surface area contributed by atoms with Gasteiger partial charge in [-0.15, -0.1) is 0 Å². The molecule has 1 nitrogen and oxygen atoms in total. The van der Waals surface area contributed by atoms with Gasteiger partial charge in [-0.3, -0.25) is 0 Å². The van der Waals surface area contributed by atoms with E-state index in [1.807, 2.05) is 77.7 Å². The molecule has 0 fully saturated rings. The summed E-state index contributed by atoms with van der Waals surface area (Å²) in [7, 11) is 0. The van der Waals surface area contributed by atoms with E-state index in [4.69, 9.17) is 0 Å². The lowest BCUT2D eigenvalue weighted by Crippen LogP contribution is -2.10. The van der Waals surface area contributed by atoms with Crippen molar-refractivity contribution in [3.8, 4) is 11.1 Å². The van der Waals surface area contributed by atoms with Crippen LogP contribution in [-0.2, 0) is 0 Å². The van der Waals surface area contributed by atoms with Crippen LogP contribution in [0.4, 0.5) is 17.1 Å². The molecule has 0 aliphatic heterocycles. The third-order valence-corrected chi connectivity index (χ3v) is 9.84. The molecule has 0 radical (unpaired) electrons. The molecule has 228 valence electrons. The van der Waals surface area contributed by atoms with Crippen molar-refractivity contribution in [1.29, 1.82) is 0 Å². The Morgan fingerprint density at radius 3 is 1.51 bits per heavy atom. The summed E-state index contributed by atoms with van der Waals surface area (Å²) in [4.78, 5) is 1.93. The molecule has 0 amide bonds. The smallest absolute Gasteiger partial charge is 0.0645 e. The summed E-state index contributed by atoms with van der Waals surface area (Å²) in [6, 6.07) is 55.3. The Morgan fingerprint density at radius 1 is 0.306 bits per heavy atom. The average Bonchev–Trinajstić information content (AvgIpc) is 3.21. The van der Waals surface area contributed by atoms with Crippen LogP contribution in [0.1, 0.15) is 5.48 Å². The van der Waals surface area contributed by atoms with Crippen LogP contribution in [0.5, 0.6) is 0 Å². The summed E-state index contributed by atoms with van der Waals surface area (Å²) >= 11 is 0. The maximum absolute atomic E-state index is 9.66. The molecule has 0 saturated heterocycles. The summed E-state index contributed by atoms with van der Waals surface area (Å²) in [5.41, 5.74) is 2.67. The molecular formula is C48H31N. The van der Waals surface area contributed by atoms with Crippen molar-refractivity contribution in [2.45, 2.75) is 0 Å². The zero-order chi connectivity index (χ0) is 35.8. The van der Waals surface area contributed by atoms with Crippen LogP contribution in [-0.4, -0.2) is 0 Å². The normalized spacial score (nSPS) is 12.8. The molecule has 0 bridgehead atoms. The lowest BCUT2D eigenvalue weighted by molar-refractivity contribution is 1.31. The van der Waals surface area contributed by atoms with Crippen LogP contribution < -0.4 is 4.90 Å². The molecule has 0 heterocycles. The number of nitrogens with zero attached hydrogens (tertiary/aromatic N) is 1. The first kappa shape index (κ1) is 23.8. The molecule has 10 aromatic rings. The maximum atomic E-state index is 9.66. The van der Waals surface area contributed by atoms with E-state index in [0.717, 1.165) is 76.0 Å². The lowest BCUT2D eigenvalue weighted by Gasteiger charge is -2.28. The minimum atomic E-state index is -0.102. The standard InChI is InChI=1S/C48H31N/c1-4-12-41-33(9-1)20-22-38-29-40(27-28-44(38)41)49(48-31-37-11-3-6-14-43(37)45-15-7-8-16-46(45)48)39-25-23-32(24-26-39)36-21-19-35-18-17-34-10-2-5-13-42(34)47(35)30-36/h1-31H/i23D,24D,25D,26D. The Hall–Kier alpha value is -6.44. The zero-order valence-corrected chi connectivity index (χ0v) is 26.5. The average molecular weight is 626 g/mol. The van der Waals surface area contributed by atoms with Crippen LogP contribution >= 0.6 is 0 Å². The van der Waals surface area contributed by atoms with Gasteiger partial charge in [0.1, 0.15) is 0 Å². The van der Waals surface area contributed by atoms with Crippen molar-refractivity contribution in [3.05, 3.63) is 188 Å². The van der Waals surface area contributed by atoms with Gasteiger partial charge in [-0.25, -0.2) is 0 Å². The predicted octanol–water partition coefficient (Wildman–Crippen LogP) is 13.7. The van der Waals surface area contributed by atoms with E-state index in [1.54, 1.807) is 0 Å². The van der Waals surface area contributed by atoms with Gasteiger partial charge in [0.15, 0.2) is 0 Å². The van der Waals surface area contributed by atoms with Crippen molar-refractivity contribution in [1.82, 2.24) is 0 Å². The van der Waals surface area contributed by atoms with Crippen LogP contribution in [0.2, 0.25) is 0 Å². The number of fused-ring (bicyclic) bond motifs is 9. The van der Waals surface area contributed by atoms with Gasteiger partial charge in [-0.05, 0) is 107 Å². The molecule has 0 saturated carbocycles. The lowest BCUT2D eigenvalue weighted by atomic mass is 9.96. The van der Waals surface area contributed by atoms with Gasteiger partial charge >= 0.3 is 0 Å². The highest BCUT2D eigenvalue weighted by atomic mass is 15.1. The molecule has 0 aliphatic rings. The fourth-order valence-electron chi connectivity index (χ4n) is 7.47. The van der Waals surface area contributed by atoms with E-state index in [9.17, 15) is 5.48 Å². The first-order valence-electron chi connectivity index (χ1n) is 18.6. The van der Waals surface area contributed by atoms with Crippen molar-refractivity contribution in [3.63, 3.8) is 0 Å². The van der Waals surface area contributed by atoms with Crippen LogP contribution in [0.15, 0.2) is 188 Å². The second-order valence-corrected chi connectivity index (χ2v) is 12.6.